The minimum atomic E-state index is -3.47. The maximum Gasteiger partial charge on any atom is 0.246 e. The van der Waals surface area contributed by atoms with E-state index in [0.29, 0.717) is 11.5 Å². The Morgan fingerprint density at radius 1 is 1.61 bits per heavy atom. The predicted molar refractivity (Wildman–Crippen MR) is 73.7 cm³/mol. The molecule has 0 aliphatic carbocycles. The van der Waals surface area contributed by atoms with Gasteiger partial charge in [0.05, 0.1) is 5.88 Å². The lowest BCUT2D eigenvalue weighted by molar-refractivity contribution is 0.393. The van der Waals surface area contributed by atoms with Gasteiger partial charge < -0.3 is 4.42 Å². The maximum atomic E-state index is 12.5. The largest absolute Gasteiger partial charge is 0.464 e. The van der Waals surface area contributed by atoms with Crippen molar-refractivity contribution in [3.8, 4) is 0 Å². The van der Waals surface area contributed by atoms with E-state index in [4.69, 9.17) is 16.0 Å². The van der Waals surface area contributed by atoms with E-state index in [-0.39, 0.29) is 16.8 Å². The highest BCUT2D eigenvalue weighted by molar-refractivity contribution is 7.99. The Kier molecular flexibility index (Phi) is 4.31. The molecule has 0 aromatic carbocycles. The molecule has 0 spiro atoms. The van der Waals surface area contributed by atoms with Crippen molar-refractivity contribution >= 4 is 33.4 Å². The number of aryl methyl sites for hydroxylation is 1. The highest BCUT2D eigenvalue weighted by Gasteiger charge is 2.32. The van der Waals surface area contributed by atoms with E-state index in [1.54, 1.807) is 25.7 Å². The summed E-state index contributed by atoms with van der Waals surface area (Å²) in [7, 11) is -1.84. The number of rotatable bonds is 4. The number of hydrogen-bond donors (Lipinski definition) is 0. The number of thioether (sulfide) groups is 1. The molecular weight excluding hydrogens is 294 g/mol. The molecule has 0 N–H and O–H groups in total. The second-order valence-corrected chi connectivity index (χ2v) is 7.69. The topological polar surface area (TPSA) is 50.5 Å². The van der Waals surface area contributed by atoms with Crippen molar-refractivity contribution in [2.75, 3.05) is 18.6 Å². The van der Waals surface area contributed by atoms with Gasteiger partial charge in [0.1, 0.15) is 16.4 Å². The van der Waals surface area contributed by atoms with E-state index in [1.807, 2.05) is 0 Å². The van der Waals surface area contributed by atoms with Gasteiger partial charge in [-0.25, -0.2) is 8.42 Å². The summed E-state index contributed by atoms with van der Waals surface area (Å²) < 4.78 is 31.7. The van der Waals surface area contributed by atoms with Crippen molar-refractivity contribution in [3.05, 3.63) is 17.6 Å². The molecule has 4 nitrogen and oxygen atoms in total. The molecule has 1 aliphatic heterocycles. The number of furan rings is 1. The van der Waals surface area contributed by atoms with Gasteiger partial charge in [0.2, 0.25) is 10.0 Å². The first kappa shape index (κ1) is 14.2. The van der Waals surface area contributed by atoms with Crippen molar-refractivity contribution < 1.29 is 12.8 Å². The van der Waals surface area contributed by atoms with Crippen LogP contribution in [0, 0.1) is 6.92 Å². The van der Waals surface area contributed by atoms with Crippen molar-refractivity contribution in [3.63, 3.8) is 0 Å². The van der Waals surface area contributed by atoms with Gasteiger partial charge in [0.25, 0.3) is 0 Å². The van der Waals surface area contributed by atoms with Crippen LogP contribution >= 0.6 is 23.4 Å². The summed E-state index contributed by atoms with van der Waals surface area (Å²) >= 11 is 7.45. The molecule has 0 radical (unpaired) electrons. The zero-order valence-corrected chi connectivity index (χ0v) is 12.7. The molecule has 0 bridgehead atoms. The number of halogens is 1. The molecule has 102 valence electrons. The fraction of sp³-hybridized carbons (Fsp3) is 0.636. The standard InChI is InChI=1S/C11H16ClNO3S2/c1-8-11(5-10(6-12)16-8)18(14,15)13(2)9-3-4-17-7-9/h5,9H,3-4,6-7H2,1-2H3. The summed E-state index contributed by atoms with van der Waals surface area (Å²) in [6.07, 6.45) is 0.902. The fourth-order valence-electron chi connectivity index (χ4n) is 2.01. The van der Waals surface area contributed by atoms with Crippen LogP contribution in [0.3, 0.4) is 0 Å². The zero-order valence-electron chi connectivity index (χ0n) is 10.3. The first-order chi connectivity index (χ1) is 8.46. The molecule has 1 unspecified atom stereocenters. The number of alkyl halides is 1. The van der Waals surface area contributed by atoms with Gasteiger partial charge in [-0.3, -0.25) is 0 Å². The third-order valence-corrected chi connectivity index (χ3v) is 6.56. The Morgan fingerprint density at radius 2 is 2.33 bits per heavy atom. The van der Waals surface area contributed by atoms with Gasteiger partial charge in [0, 0.05) is 24.9 Å². The van der Waals surface area contributed by atoms with Gasteiger partial charge in [0.15, 0.2) is 0 Å². The van der Waals surface area contributed by atoms with Crippen molar-refractivity contribution in [2.24, 2.45) is 0 Å². The lowest BCUT2D eigenvalue weighted by Gasteiger charge is -2.22. The molecule has 7 heteroatoms. The fourth-order valence-corrected chi connectivity index (χ4v) is 5.07. The summed E-state index contributed by atoms with van der Waals surface area (Å²) in [6, 6.07) is 1.60. The molecule has 1 aromatic rings. The van der Waals surface area contributed by atoms with E-state index < -0.39 is 10.0 Å². The Balaban J connectivity index is 2.31. The molecule has 2 rings (SSSR count). The predicted octanol–water partition coefficient (Wildman–Crippen LogP) is 2.45. The van der Waals surface area contributed by atoms with Crippen molar-refractivity contribution in [1.29, 1.82) is 0 Å². The van der Waals surface area contributed by atoms with Crippen molar-refractivity contribution in [2.45, 2.75) is 30.2 Å². The van der Waals surface area contributed by atoms with Gasteiger partial charge in [-0.1, -0.05) is 0 Å². The Morgan fingerprint density at radius 3 is 2.83 bits per heavy atom. The molecule has 1 aliphatic rings. The van der Waals surface area contributed by atoms with Gasteiger partial charge in [-0.15, -0.1) is 11.6 Å². The molecular formula is C11H16ClNO3S2. The Bertz CT molecular complexity index is 520. The number of hydrogen-bond acceptors (Lipinski definition) is 4. The lowest BCUT2D eigenvalue weighted by atomic mass is 10.3. The summed E-state index contributed by atoms with van der Waals surface area (Å²) in [4.78, 5) is 0.234. The van der Waals surface area contributed by atoms with Crippen LogP contribution in [0.4, 0.5) is 0 Å². The van der Waals surface area contributed by atoms with E-state index in [2.05, 4.69) is 0 Å². The average molecular weight is 310 g/mol. The van der Waals surface area contributed by atoms with E-state index in [9.17, 15) is 8.42 Å². The van der Waals surface area contributed by atoms with Crippen LogP contribution in [-0.2, 0) is 15.9 Å². The van der Waals surface area contributed by atoms with Gasteiger partial charge in [-0.2, -0.15) is 16.1 Å². The summed E-state index contributed by atoms with van der Waals surface area (Å²) in [5.41, 5.74) is 0. The third kappa shape index (κ3) is 2.57. The van der Waals surface area contributed by atoms with E-state index in [1.165, 1.54) is 10.4 Å². The van der Waals surface area contributed by atoms with Crippen LogP contribution in [0.15, 0.2) is 15.4 Å². The molecule has 1 saturated heterocycles. The Labute approximate surface area is 117 Å². The summed E-state index contributed by atoms with van der Waals surface area (Å²) in [5.74, 6) is 2.95. The Hall–Kier alpha value is -0.170. The molecule has 18 heavy (non-hydrogen) atoms. The zero-order chi connectivity index (χ0) is 13.3. The summed E-state index contributed by atoms with van der Waals surface area (Å²) in [5, 5.41) is 0. The summed E-state index contributed by atoms with van der Waals surface area (Å²) in [6.45, 7) is 1.65. The number of sulfonamides is 1. The molecule has 1 fully saturated rings. The molecule has 0 amide bonds. The lowest BCUT2D eigenvalue weighted by Crippen LogP contribution is -2.37. The molecule has 2 heterocycles. The number of nitrogens with zero attached hydrogens (tertiary/aromatic N) is 1. The molecule has 1 atom stereocenters. The SMILES string of the molecule is Cc1oc(CCl)cc1S(=O)(=O)N(C)C1CCSC1. The molecule has 1 aromatic heterocycles. The third-order valence-electron chi connectivity index (χ3n) is 3.13. The molecule has 0 saturated carbocycles. The van der Waals surface area contributed by atoms with E-state index >= 15 is 0 Å². The average Bonchev–Trinajstić information content (AvgIpc) is 2.96. The first-order valence-corrected chi connectivity index (χ1v) is 8.80. The normalized spacial score (nSPS) is 20.8. The van der Waals surface area contributed by atoms with Crippen LogP contribution in [0.1, 0.15) is 17.9 Å². The second-order valence-electron chi connectivity index (χ2n) is 4.31. The first-order valence-electron chi connectivity index (χ1n) is 5.68. The van der Waals surface area contributed by atoms with Crippen LogP contribution in [0.5, 0.6) is 0 Å². The highest BCUT2D eigenvalue weighted by Crippen LogP contribution is 2.29. The minimum Gasteiger partial charge on any atom is -0.464 e. The monoisotopic (exact) mass is 309 g/mol. The van der Waals surface area contributed by atoms with E-state index in [0.717, 1.165) is 17.9 Å². The maximum absolute atomic E-state index is 12.5. The van der Waals surface area contributed by atoms with Crippen LogP contribution in [0.2, 0.25) is 0 Å². The highest BCUT2D eigenvalue weighted by atomic mass is 35.5. The smallest absolute Gasteiger partial charge is 0.246 e. The quantitative estimate of drug-likeness (QED) is 0.802. The van der Waals surface area contributed by atoms with Crippen molar-refractivity contribution in [1.82, 2.24) is 4.31 Å². The minimum absolute atomic E-state index is 0.0775. The van der Waals surface area contributed by atoms with Gasteiger partial charge in [-0.05, 0) is 19.1 Å². The van der Waals surface area contributed by atoms with Crippen LogP contribution < -0.4 is 0 Å². The van der Waals surface area contributed by atoms with Crippen LogP contribution in [-0.4, -0.2) is 37.3 Å². The van der Waals surface area contributed by atoms with Gasteiger partial charge >= 0.3 is 0 Å². The van der Waals surface area contributed by atoms with Crippen LogP contribution in [0.25, 0.3) is 0 Å². The second kappa shape index (κ2) is 5.45.